The van der Waals surface area contributed by atoms with Gasteiger partial charge in [0.15, 0.2) is 0 Å². The van der Waals surface area contributed by atoms with Crippen LogP contribution in [0.5, 0.6) is 0 Å². The van der Waals surface area contributed by atoms with Gasteiger partial charge in [-0.2, -0.15) is 0 Å². The van der Waals surface area contributed by atoms with Crippen LogP contribution in [0.2, 0.25) is 0 Å². The lowest BCUT2D eigenvalue weighted by molar-refractivity contribution is 1.57. The zero-order valence-electron chi connectivity index (χ0n) is 24.1. The summed E-state index contributed by atoms with van der Waals surface area (Å²) >= 11 is 0. The van der Waals surface area contributed by atoms with E-state index in [2.05, 4.69) is 128 Å². The molecule has 0 saturated heterocycles. The van der Waals surface area contributed by atoms with Gasteiger partial charge in [0.2, 0.25) is 0 Å². The molecule has 0 aromatic heterocycles. The second kappa shape index (κ2) is 6.98. The number of hydrogen-bond donors (Lipinski definition) is 0. The summed E-state index contributed by atoms with van der Waals surface area (Å²) in [4.78, 5) is 0. The van der Waals surface area contributed by atoms with Crippen molar-refractivity contribution in [1.29, 1.82) is 0 Å². The quantitative estimate of drug-likeness (QED) is 0.173. The Morgan fingerprint density at radius 1 is 0.244 bits per heavy atom. The second-order valence-corrected chi connectivity index (χ2v) is 13.3. The first kappa shape index (κ1) is 21.9. The molecule has 0 saturated carbocycles. The highest BCUT2D eigenvalue weighted by molar-refractivity contribution is 6.56. The predicted molar refractivity (Wildman–Crippen MR) is 196 cm³/mol. The topological polar surface area (TPSA) is 0 Å². The van der Waals surface area contributed by atoms with Gasteiger partial charge in [0.05, 0.1) is 0 Å². The lowest BCUT2D eigenvalue weighted by atomic mass is 9.91. The third-order valence-electron chi connectivity index (χ3n) is 11.4. The van der Waals surface area contributed by atoms with Crippen LogP contribution in [0.4, 0.5) is 0 Å². The molecular formula is C45H21. The van der Waals surface area contributed by atoms with Gasteiger partial charge in [0.25, 0.3) is 0 Å². The van der Waals surface area contributed by atoms with Crippen molar-refractivity contribution >= 4 is 125 Å². The van der Waals surface area contributed by atoms with Gasteiger partial charge in [-0.15, -0.1) is 0 Å². The fourth-order valence-corrected chi connectivity index (χ4v) is 9.86. The molecule has 201 valence electrons. The van der Waals surface area contributed by atoms with Gasteiger partial charge in [0, 0.05) is 6.42 Å². The van der Waals surface area contributed by atoms with Gasteiger partial charge in [0.1, 0.15) is 0 Å². The molecule has 12 aromatic carbocycles. The molecule has 0 N–H and O–H groups in total. The van der Waals surface area contributed by atoms with Crippen LogP contribution in [-0.4, -0.2) is 0 Å². The summed E-state index contributed by atoms with van der Waals surface area (Å²) in [5, 5.41) is 30.5. The van der Waals surface area contributed by atoms with Gasteiger partial charge in [-0.25, -0.2) is 0 Å². The van der Waals surface area contributed by atoms with Crippen LogP contribution in [-0.2, 0) is 0 Å². The van der Waals surface area contributed by atoms with Crippen molar-refractivity contribution in [2.24, 2.45) is 0 Å². The highest BCUT2D eigenvalue weighted by Gasteiger charge is 2.28. The fraction of sp³-hybridized carbons (Fsp3) is 0. The molecule has 1 aliphatic rings. The molecular weight excluding hydrogens is 540 g/mol. The van der Waals surface area contributed by atoms with E-state index in [1.807, 2.05) is 0 Å². The van der Waals surface area contributed by atoms with E-state index in [9.17, 15) is 0 Å². The number of benzene rings is 9. The van der Waals surface area contributed by atoms with Crippen molar-refractivity contribution in [2.45, 2.75) is 0 Å². The van der Waals surface area contributed by atoms with Gasteiger partial charge < -0.3 is 0 Å². The molecule has 0 heterocycles. The maximum absolute atomic E-state index is 2.41. The molecule has 13 rings (SSSR count). The minimum absolute atomic E-state index is 1.32. The Morgan fingerprint density at radius 3 is 1.02 bits per heavy atom. The summed E-state index contributed by atoms with van der Waals surface area (Å²) in [6.45, 7) is 0. The third kappa shape index (κ3) is 2.23. The molecule has 12 aromatic rings. The number of hydrogen-bond acceptors (Lipinski definition) is 0. The van der Waals surface area contributed by atoms with E-state index < -0.39 is 0 Å². The zero-order chi connectivity index (χ0) is 28.7. The molecule has 1 aliphatic carbocycles. The maximum atomic E-state index is 2.41. The van der Waals surface area contributed by atoms with Gasteiger partial charge >= 0.3 is 0 Å². The molecule has 0 heteroatoms. The average molecular weight is 562 g/mol. The van der Waals surface area contributed by atoms with Crippen LogP contribution in [0.1, 0.15) is 11.1 Å². The van der Waals surface area contributed by atoms with Crippen molar-refractivity contribution in [3.8, 4) is 0 Å². The highest BCUT2D eigenvalue weighted by atomic mass is 14.3. The minimum Gasteiger partial charge on any atom is -0.0754 e. The van der Waals surface area contributed by atoms with Crippen LogP contribution in [0, 0.1) is 6.42 Å². The van der Waals surface area contributed by atoms with Crippen LogP contribution < -0.4 is 0 Å². The average Bonchev–Trinajstić information content (AvgIpc) is 3.73. The number of rotatable bonds is 0. The van der Waals surface area contributed by atoms with E-state index >= 15 is 0 Å². The van der Waals surface area contributed by atoms with Crippen molar-refractivity contribution in [1.82, 2.24) is 0 Å². The van der Waals surface area contributed by atoms with E-state index in [0.29, 0.717) is 0 Å². The summed E-state index contributed by atoms with van der Waals surface area (Å²) in [6.07, 6.45) is 6.75. The fourth-order valence-electron chi connectivity index (χ4n) is 9.86. The Hall–Kier alpha value is -5.72. The van der Waals surface area contributed by atoms with E-state index in [0.717, 1.165) is 0 Å². The highest BCUT2D eigenvalue weighted by Crippen LogP contribution is 2.57. The lowest BCUT2D eigenvalue weighted by Crippen LogP contribution is -1.90. The Labute approximate surface area is 256 Å². The van der Waals surface area contributed by atoms with E-state index in [1.165, 1.54) is 130 Å². The molecule has 1 radical (unpaired) electrons. The van der Waals surface area contributed by atoms with Gasteiger partial charge in [-0.1, -0.05) is 121 Å². The summed E-state index contributed by atoms with van der Waals surface area (Å²) < 4.78 is 0. The van der Waals surface area contributed by atoms with Gasteiger partial charge in [-0.05, 0) is 130 Å². The molecule has 0 spiro atoms. The Bertz CT molecular complexity index is 3110. The minimum atomic E-state index is 1.32. The second-order valence-electron chi connectivity index (χ2n) is 13.3. The first-order chi connectivity index (χ1) is 22.3. The Morgan fingerprint density at radius 2 is 0.600 bits per heavy atom. The number of fused-ring (bicyclic) bond motifs is 12. The standard InChI is InChI=1S/C45H21/c1-4-22-10-16-28-37-29(17-11-23(5-1)34(22)37)41-40(28)42-30-18-12-24-6-2-8-26-14-20-32(38(30)35(24)26)44(42)45-33-21-15-27-9-3-7-25-13-19-31(43(41)45)39(33)36(25)27/h1-21H. The Balaban J connectivity index is 1.47. The molecule has 0 atom stereocenters. The van der Waals surface area contributed by atoms with Crippen molar-refractivity contribution in [2.75, 3.05) is 0 Å². The molecule has 0 bridgehead atoms. The molecule has 0 fully saturated rings. The molecule has 0 amide bonds. The smallest absolute Gasteiger partial charge is 0.0131 e. The van der Waals surface area contributed by atoms with Crippen LogP contribution in [0.15, 0.2) is 115 Å². The largest absolute Gasteiger partial charge is 0.0754 e. The molecule has 0 aliphatic heterocycles. The predicted octanol–water partition coefficient (Wildman–Crippen LogP) is 12.7. The molecule has 0 nitrogen and oxygen atoms in total. The molecule has 0 unspecified atom stereocenters. The van der Waals surface area contributed by atoms with E-state index in [4.69, 9.17) is 0 Å². The zero-order valence-corrected chi connectivity index (χ0v) is 24.1. The van der Waals surface area contributed by atoms with Crippen LogP contribution >= 0.6 is 0 Å². The molecule has 45 heavy (non-hydrogen) atoms. The summed E-state index contributed by atoms with van der Waals surface area (Å²) in [7, 11) is 0. The summed E-state index contributed by atoms with van der Waals surface area (Å²) in [5.41, 5.74) is 2.64. The first-order valence-corrected chi connectivity index (χ1v) is 15.9. The lowest BCUT2D eigenvalue weighted by Gasteiger charge is -2.12. The maximum Gasteiger partial charge on any atom is 0.0131 e. The Kier molecular flexibility index (Phi) is 3.40. The van der Waals surface area contributed by atoms with E-state index in [1.54, 1.807) is 0 Å². The van der Waals surface area contributed by atoms with Crippen molar-refractivity contribution in [3.63, 3.8) is 0 Å². The number of allylic oxidation sites excluding steroid dienone is 1. The van der Waals surface area contributed by atoms with Crippen molar-refractivity contribution in [3.05, 3.63) is 133 Å². The summed E-state index contributed by atoms with van der Waals surface area (Å²) in [6, 6.07) is 42.1. The van der Waals surface area contributed by atoms with Crippen LogP contribution in [0.25, 0.3) is 125 Å². The third-order valence-corrected chi connectivity index (χ3v) is 11.4. The normalized spacial score (nSPS) is 14.0. The summed E-state index contributed by atoms with van der Waals surface area (Å²) in [5.74, 6) is 0. The van der Waals surface area contributed by atoms with Crippen LogP contribution in [0.3, 0.4) is 0 Å². The van der Waals surface area contributed by atoms with E-state index in [-0.39, 0.29) is 0 Å². The van der Waals surface area contributed by atoms with Gasteiger partial charge in [-0.3, -0.25) is 0 Å². The van der Waals surface area contributed by atoms with Crippen molar-refractivity contribution < 1.29 is 0 Å². The SMILES string of the molecule is [CH]1C=Cc2ccc3c4c2c1ccc4c1c3c2c3ccc4cccc5ccc(c3c45)c2c2c3ccc4cccc5ccc(c3c54)c12. The monoisotopic (exact) mass is 561 g/mol. The first-order valence-electron chi connectivity index (χ1n) is 15.9.